The average Bonchev–Trinajstić information content (AvgIpc) is 3.21. The Labute approximate surface area is 158 Å². The molecule has 0 bridgehead atoms. The van der Waals surface area contributed by atoms with E-state index in [0.717, 1.165) is 31.7 Å². The van der Waals surface area contributed by atoms with E-state index in [4.69, 9.17) is 4.74 Å². The van der Waals surface area contributed by atoms with Crippen molar-refractivity contribution in [1.82, 2.24) is 9.21 Å². The molecule has 9 heteroatoms. The maximum absolute atomic E-state index is 13.3. The summed E-state index contributed by atoms with van der Waals surface area (Å²) in [5.74, 6) is -1.38. The number of piperazine rings is 1. The van der Waals surface area contributed by atoms with Crippen LogP contribution in [-0.2, 0) is 24.3 Å². The van der Waals surface area contributed by atoms with Gasteiger partial charge >= 0.3 is 5.97 Å². The highest BCUT2D eigenvalue weighted by molar-refractivity contribution is 7.89. The molecule has 3 rings (SSSR count). The van der Waals surface area contributed by atoms with Crippen molar-refractivity contribution in [1.29, 1.82) is 0 Å². The van der Waals surface area contributed by atoms with Gasteiger partial charge in [0.2, 0.25) is 10.0 Å². The predicted molar refractivity (Wildman–Crippen MR) is 94.7 cm³/mol. The van der Waals surface area contributed by atoms with Crippen LogP contribution in [0.5, 0.6) is 0 Å². The molecule has 1 amide bonds. The van der Waals surface area contributed by atoms with Gasteiger partial charge in [-0.1, -0.05) is 18.9 Å². The minimum Gasteiger partial charge on any atom is -0.455 e. The summed E-state index contributed by atoms with van der Waals surface area (Å²) in [7, 11) is -3.80. The molecule has 0 aromatic heterocycles. The number of ether oxygens (including phenoxy) is 1. The second-order valence-electron chi connectivity index (χ2n) is 6.83. The van der Waals surface area contributed by atoms with E-state index >= 15 is 0 Å². The number of esters is 1. The van der Waals surface area contributed by atoms with Crippen molar-refractivity contribution in [2.75, 3.05) is 32.8 Å². The van der Waals surface area contributed by atoms with Crippen LogP contribution in [-0.4, -0.2) is 62.3 Å². The summed E-state index contributed by atoms with van der Waals surface area (Å²) in [6.07, 6.45) is 3.64. The molecule has 7 nitrogen and oxygen atoms in total. The molecule has 0 atom stereocenters. The normalized spacial score (nSPS) is 19.2. The smallest absolute Gasteiger partial charge is 0.309 e. The molecule has 0 radical (unpaired) electrons. The molecule has 0 unspecified atom stereocenters. The summed E-state index contributed by atoms with van der Waals surface area (Å²) in [6, 6.07) is 4.86. The lowest BCUT2D eigenvalue weighted by Crippen LogP contribution is -2.51. The summed E-state index contributed by atoms with van der Waals surface area (Å²) in [5, 5.41) is 0. The number of amides is 1. The van der Waals surface area contributed by atoms with E-state index in [2.05, 4.69) is 0 Å². The zero-order chi connectivity index (χ0) is 19.4. The highest BCUT2D eigenvalue weighted by atomic mass is 32.2. The Morgan fingerprint density at radius 3 is 2.41 bits per heavy atom. The van der Waals surface area contributed by atoms with Gasteiger partial charge in [0.1, 0.15) is 5.82 Å². The minimum atomic E-state index is -3.80. The molecule has 1 aliphatic heterocycles. The first-order valence-electron chi connectivity index (χ1n) is 9.08. The van der Waals surface area contributed by atoms with Gasteiger partial charge in [-0.2, -0.15) is 4.31 Å². The van der Waals surface area contributed by atoms with Crippen molar-refractivity contribution in [2.45, 2.75) is 30.6 Å². The SMILES string of the molecule is O=C(OCC(=O)N1CCN(S(=O)(=O)c2cccc(F)c2)CC1)C1CCCC1. The minimum absolute atomic E-state index is 0.104. The molecule has 1 aromatic rings. The summed E-state index contributed by atoms with van der Waals surface area (Å²) >= 11 is 0. The van der Waals surface area contributed by atoms with Gasteiger partial charge in [-0.25, -0.2) is 12.8 Å². The molecule has 27 heavy (non-hydrogen) atoms. The van der Waals surface area contributed by atoms with Crippen molar-refractivity contribution in [3.05, 3.63) is 30.1 Å². The van der Waals surface area contributed by atoms with Crippen molar-refractivity contribution >= 4 is 21.9 Å². The summed E-state index contributed by atoms with van der Waals surface area (Å²) in [5.41, 5.74) is 0. The van der Waals surface area contributed by atoms with E-state index in [1.807, 2.05) is 0 Å². The zero-order valence-electron chi connectivity index (χ0n) is 15.0. The van der Waals surface area contributed by atoms with Crippen LogP contribution in [0.25, 0.3) is 0 Å². The number of carbonyl (C=O) groups excluding carboxylic acids is 2. The lowest BCUT2D eigenvalue weighted by molar-refractivity contribution is -0.155. The van der Waals surface area contributed by atoms with Gasteiger partial charge in [-0.3, -0.25) is 9.59 Å². The highest BCUT2D eigenvalue weighted by Gasteiger charge is 2.31. The van der Waals surface area contributed by atoms with Gasteiger partial charge in [-0.05, 0) is 31.0 Å². The number of sulfonamides is 1. The first-order chi connectivity index (χ1) is 12.9. The molecule has 2 fully saturated rings. The topological polar surface area (TPSA) is 84.0 Å². The first-order valence-corrected chi connectivity index (χ1v) is 10.5. The van der Waals surface area contributed by atoms with Gasteiger partial charge in [-0.15, -0.1) is 0 Å². The number of carbonyl (C=O) groups is 2. The van der Waals surface area contributed by atoms with Gasteiger partial charge in [0, 0.05) is 26.2 Å². The standard InChI is InChI=1S/C18H23FN2O5S/c19-15-6-3-7-16(12-15)27(24,25)21-10-8-20(9-11-21)17(22)13-26-18(23)14-4-1-2-5-14/h3,6-7,12,14H,1-2,4-5,8-11,13H2. The number of benzene rings is 1. The maximum atomic E-state index is 13.3. The van der Waals surface area contributed by atoms with Crippen LogP contribution in [0, 0.1) is 11.7 Å². The van der Waals surface area contributed by atoms with E-state index in [0.29, 0.717) is 0 Å². The first kappa shape index (κ1) is 19.8. The van der Waals surface area contributed by atoms with Crippen molar-refractivity contribution in [3.63, 3.8) is 0 Å². The molecule has 1 saturated heterocycles. The van der Waals surface area contributed by atoms with E-state index in [1.54, 1.807) is 0 Å². The molecule has 2 aliphatic rings. The quantitative estimate of drug-likeness (QED) is 0.700. The van der Waals surface area contributed by atoms with E-state index in [-0.39, 0.29) is 55.5 Å². The van der Waals surface area contributed by atoms with Crippen molar-refractivity contribution < 1.29 is 27.1 Å². The largest absolute Gasteiger partial charge is 0.455 e. The molecule has 0 N–H and O–H groups in total. The number of hydrogen-bond acceptors (Lipinski definition) is 5. The third kappa shape index (κ3) is 4.65. The van der Waals surface area contributed by atoms with E-state index < -0.39 is 15.8 Å². The Morgan fingerprint density at radius 2 is 1.78 bits per heavy atom. The Bertz CT molecular complexity index is 800. The molecular formula is C18H23FN2O5S. The third-order valence-corrected chi connectivity index (χ3v) is 6.95. The molecule has 1 heterocycles. The highest BCUT2D eigenvalue weighted by Crippen LogP contribution is 2.25. The van der Waals surface area contributed by atoms with Crippen LogP contribution < -0.4 is 0 Å². The molecule has 1 aliphatic carbocycles. The number of hydrogen-bond donors (Lipinski definition) is 0. The van der Waals surface area contributed by atoms with Crippen LogP contribution in [0.15, 0.2) is 29.2 Å². The maximum Gasteiger partial charge on any atom is 0.309 e. The number of rotatable bonds is 5. The molecule has 148 valence electrons. The number of halogens is 1. The second-order valence-corrected chi connectivity index (χ2v) is 8.77. The van der Waals surface area contributed by atoms with Gasteiger partial charge in [0.05, 0.1) is 10.8 Å². The van der Waals surface area contributed by atoms with Gasteiger partial charge < -0.3 is 9.64 Å². The monoisotopic (exact) mass is 398 g/mol. The zero-order valence-corrected chi connectivity index (χ0v) is 15.8. The van der Waals surface area contributed by atoms with Gasteiger partial charge in [0.25, 0.3) is 5.91 Å². The van der Waals surface area contributed by atoms with Crippen LogP contribution in [0.4, 0.5) is 4.39 Å². The van der Waals surface area contributed by atoms with Crippen LogP contribution in [0.1, 0.15) is 25.7 Å². The fourth-order valence-corrected chi connectivity index (χ4v) is 4.91. The van der Waals surface area contributed by atoms with E-state index in [9.17, 15) is 22.4 Å². The molecular weight excluding hydrogens is 375 g/mol. The second kappa shape index (κ2) is 8.35. The lowest BCUT2D eigenvalue weighted by atomic mass is 10.1. The summed E-state index contributed by atoms with van der Waals surface area (Å²) in [6.45, 7) is 0.316. The molecule has 0 spiro atoms. The Kier molecular flexibility index (Phi) is 6.11. The fraction of sp³-hybridized carbons (Fsp3) is 0.556. The summed E-state index contributed by atoms with van der Waals surface area (Å²) < 4.78 is 44.8. The molecule has 1 saturated carbocycles. The Morgan fingerprint density at radius 1 is 1.11 bits per heavy atom. The Hall–Kier alpha value is -2.00. The van der Waals surface area contributed by atoms with Gasteiger partial charge in [0.15, 0.2) is 6.61 Å². The molecule has 1 aromatic carbocycles. The summed E-state index contributed by atoms with van der Waals surface area (Å²) in [4.78, 5) is 25.5. The van der Waals surface area contributed by atoms with Crippen LogP contribution in [0.2, 0.25) is 0 Å². The van der Waals surface area contributed by atoms with Crippen molar-refractivity contribution in [3.8, 4) is 0 Å². The van der Waals surface area contributed by atoms with E-state index in [1.165, 1.54) is 27.4 Å². The fourth-order valence-electron chi connectivity index (χ4n) is 3.46. The predicted octanol–water partition coefficient (Wildman–Crippen LogP) is 1.39. The average molecular weight is 398 g/mol. The van der Waals surface area contributed by atoms with Crippen molar-refractivity contribution in [2.24, 2.45) is 5.92 Å². The lowest BCUT2D eigenvalue weighted by Gasteiger charge is -2.33. The number of nitrogens with zero attached hydrogens (tertiary/aromatic N) is 2. The third-order valence-electron chi connectivity index (χ3n) is 5.05. The Balaban J connectivity index is 1.50. The van der Waals surface area contributed by atoms with Crippen LogP contribution in [0.3, 0.4) is 0 Å². The van der Waals surface area contributed by atoms with Crippen LogP contribution >= 0.6 is 0 Å².